The number of carbonyl (C=O) groups is 5. The van der Waals surface area contributed by atoms with Crippen molar-refractivity contribution in [2.24, 2.45) is 11.8 Å². The quantitative estimate of drug-likeness (QED) is 0.172. The second-order valence-corrected chi connectivity index (χ2v) is 18.2. The Labute approximate surface area is 366 Å². The lowest BCUT2D eigenvalue weighted by Gasteiger charge is -2.39. The minimum Gasteiger partial charge on any atom is -0.389 e. The molecule has 2 bridgehead atoms. The third-order valence-electron chi connectivity index (χ3n) is 13.6. The van der Waals surface area contributed by atoms with Gasteiger partial charge in [-0.3, -0.25) is 34.1 Å². The van der Waals surface area contributed by atoms with Crippen molar-refractivity contribution in [2.75, 3.05) is 61.4 Å². The monoisotopic (exact) mass is 889 g/mol. The first kappa shape index (κ1) is 42.8. The molecule has 0 unspecified atom stereocenters. The number of carbonyl (C=O) groups excluding carboxylic acids is 5. The minimum atomic E-state index is -2.94. The van der Waals surface area contributed by atoms with Crippen molar-refractivity contribution < 1.29 is 37.9 Å². The van der Waals surface area contributed by atoms with Crippen molar-refractivity contribution >= 4 is 64.0 Å². The fourth-order valence-electron chi connectivity index (χ4n) is 10.0. The van der Waals surface area contributed by atoms with Gasteiger partial charge in [0, 0.05) is 75.5 Å². The second-order valence-electron chi connectivity index (χ2n) is 17.8. The number of amides is 5. The first-order chi connectivity index (χ1) is 30.2. The number of nitrogens with one attached hydrogen (secondary N) is 2. The van der Waals surface area contributed by atoms with Crippen LogP contribution in [0.3, 0.4) is 0 Å². The Hall–Kier alpha value is -5.53. The van der Waals surface area contributed by atoms with Gasteiger partial charge in [0.15, 0.2) is 11.3 Å². The van der Waals surface area contributed by atoms with Crippen molar-refractivity contribution in [1.82, 2.24) is 39.5 Å². The van der Waals surface area contributed by atoms with E-state index in [-0.39, 0.29) is 65.5 Å². The summed E-state index contributed by atoms with van der Waals surface area (Å²) in [6.45, 7) is 3.14. The molecule has 3 N–H and O–H groups in total. The number of aromatic nitrogens is 5. The van der Waals surface area contributed by atoms with E-state index in [1.54, 1.807) is 30.5 Å². The summed E-state index contributed by atoms with van der Waals surface area (Å²) in [6, 6.07) is 5.90. The Morgan fingerprint density at radius 3 is 2.56 bits per heavy atom. The Morgan fingerprint density at radius 2 is 1.86 bits per heavy atom. The van der Waals surface area contributed by atoms with E-state index in [9.17, 15) is 37.9 Å². The van der Waals surface area contributed by atoms with Crippen LogP contribution in [-0.4, -0.2) is 127 Å². The Morgan fingerprint density at radius 1 is 1.08 bits per heavy atom. The number of hydrogen-bond donors (Lipinski definition) is 3. The van der Waals surface area contributed by atoms with E-state index in [0.29, 0.717) is 86.3 Å². The van der Waals surface area contributed by atoms with Crippen LogP contribution in [0.1, 0.15) is 103 Å². The molecule has 9 rings (SSSR count). The normalized spacial score (nSPS) is 24.3. The number of anilines is 3. The van der Waals surface area contributed by atoms with Crippen LogP contribution in [-0.2, 0) is 9.59 Å². The van der Waals surface area contributed by atoms with E-state index in [1.165, 1.54) is 26.5 Å². The van der Waals surface area contributed by atoms with Gasteiger partial charge in [-0.15, -0.1) is 0 Å². The van der Waals surface area contributed by atoms with Crippen molar-refractivity contribution in [1.29, 1.82) is 0 Å². The number of Topliss-reactive ketones (excluding diaryl/α,β-unsaturated/α-hetero) is 1. The van der Waals surface area contributed by atoms with Crippen LogP contribution in [0, 0.1) is 11.8 Å². The first-order valence-corrected chi connectivity index (χ1v) is 22.0. The van der Waals surface area contributed by atoms with E-state index in [2.05, 4.69) is 30.6 Å². The van der Waals surface area contributed by atoms with Crippen LogP contribution in [0.15, 0.2) is 42.9 Å². The van der Waals surface area contributed by atoms with E-state index in [1.807, 2.05) is 11.9 Å². The average Bonchev–Trinajstić information content (AvgIpc) is 4.07. The number of aliphatic hydroxyl groups is 1. The van der Waals surface area contributed by atoms with Crippen molar-refractivity contribution in [3.63, 3.8) is 0 Å². The number of piperidine rings is 2. The number of alkyl halides is 2. The van der Waals surface area contributed by atoms with Crippen LogP contribution < -0.4 is 20.4 Å². The molecule has 63 heavy (non-hydrogen) atoms. The molecule has 2 aliphatic carbocycles. The number of nitrogens with zero attached hydrogens (tertiary/aromatic N) is 9. The smallest absolute Gasteiger partial charge is 0.328 e. The van der Waals surface area contributed by atoms with Gasteiger partial charge in [0.2, 0.25) is 5.91 Å². The lowest BCUT2D eigenvalue weighted by molar-refractivity contribution is -0.121. The summed E-state index contributed by atoms with van der Waals surface area (Å²) in [5.41, 5.74) is -0.393. The third kappa shape index (κ3) is 8.74. The summed E-state index contributed by atoms with van der Waals surface area (Å²) in [7, 11) is 1.98. The molecule has 6 heterocycles. The van der Waals surface area contributed by atoms with Gasteiger partial charge in [-0.1, -0.05) is 11.6 Å². The highest BCUT2D eigenvalue weighted by molar-refractivity contribution is 6.34. The lowest BCUT2D eigenvalue weighted by atomic mass is 9.81. The number of benzene rings is 1. The molecule has 0 radical (unpaired) electrons. The zero-order valence-corrected chi connectivity index (χ0v) is 35.6. The molecular weight excluding hydrogens is 840 g/mol. The fraction of sp³-hybridized carbons (Fsp3) is 0.535. The molecule has 4 aromatic rings. The summed E-state index contributed by atoms with van der Waals surface area (Å²) in [5.74, 6) is 0.151. The Bertz CT molecular complexity index is 2450. The zero-order chi connectivity index (χ0) is 44.2. The minimum absolute atomic E-state index is 0.00763. The average molecular weight is 890 g/mol. The van der Waals surface area contributed by atoms with Gasteiger partial charge in [0.05, 0.1) is 34.2 Å². The number of likely N-dealkylation sites (N-methyl/N-ethyl adjacent to an activating group) is 1. The molecule has 334 valence electrons. The number of halogens is 3. The molecule has 5 aliphatic rings. The van der Waals surface area contributed by atoms with E-state index >= 15 is 0 Å². The molecule has 20 heteroatoms. The number of likely N-dealkylation sites (tertiary alicyclic amines) is 1. The molecule has 5 amide bonds. The van der Waals surface area contributed by atoms with Gasteiger partial charge < -0.3 is 25.1 Å². The van der Waals surface area contributed by atoms with Gasteiger partial charge in [0.1, 0.15) is 17.2 Å². The highest BCUT2D eigenvalue weighted by Crippen LogP contribution is 2.39. The van der Waals surface area contributed by atoms with E-state index in [4.69, 9.17) is 16.6 Å². The number of urea groups is 1. The number of ketones is 1. The van der Waals surface area contributed by atoms with Crippen molar-refractivity contribution in [3.8, 4) is 0 Å². The Kier molecular flexibility index (Phi) is 11.7. The molecule has 3 saturated heterocycles. The molecule has 0 spiro atoms. The highest BCUT2D eigenvalue weighted by atomic mass is 35.5. The largest absolute Gasteiger partial charge is 0.389 e. The highest BCUT2D eigenvalue weighted by Gasteiger charge is 2.44. The maximum atomic E-state index is 14.3. The van der Waals surface area contributed by atoms with Gasteiger partial charge in [-0.25, -0.2) is 23.1 Å². The number of fused-ring (bicyclic) bond motifs is 3. The molecule has 3 aliphatic heterocycles. The van der Waals surface area contributed by atoms with E-state index in [0.717, 1.165) is 32.2 Å². The van der Waals surface area contributed by atoms with Crippen LogP contribution >= 0.6 is 11.6 Å². The zero-order valence-electron chi connectivity index (χ0n) is 34.9. The fourth-order valence-corrected chi connectivity index (χ4v) is 10.3. The summed E-state index contributed by atoms with van der Waals surface area (Å²) in [6.07, 6.45) is 7.43. The van der Waals surface area contributed by atoms with Gasteiger partial charge in [-0.2, -0.15) is 10.2 Å². The molecular formula is C43H50ClF2N11O6. The summed E-state index contributed by atoms with van der Waals surface area (Å²) in [5, 5.41) is 25.3. The summed E-state index contributed by atoms with van der Waals surface area (Å²) >= 11 is 6.38. The third-order valence-corrected chi connectivity index (χ3v) is 13.9. The molecule has 2 saturated carbocycles. The molecule has 1 aromatic carbocycles. The number of rotatable bonds is 12. The molecule has 3 aromatic heterocycles. The van der Waals surface area contributed by atoms with Crippen LogP contribution in [0.5, 0.6) is 0 Å². The summed E-state index contributed by atoms with van der Waals surface area (Å²) < 4.78 is 31.6. The first-order valence-electron chi connectivity index (χ1n) is 21.7. The SMILES string of the molecule is CN(CCC1CCN(C(=O)c2ccc(Cl)c(N3CCC(=O)NC3=O)c2)CC1)CC1(O)CCC(n2cc(NC(=O)c3cnn4ccc(N5C[C@H]6C[C@@H]5CC6=O)nc34)c(C(F)F)n2)CC1. The van der Waals surface area contributed by atoms with Gasteiger partial charge >= 0.3 is 6.03 Å². The predicted octanol–water partition coefficient (Wildman–Crippen LogP) is 5.10. The van der Waals surface area contributed by atoms with Gasteiger partial charge in [0.25, 0.3) is 18.2 Å². The standard InChI is InChI=1S/C43H50ClF2N11O6/c1-52(13-6-25-7-14-53(15-8-25)41(61)26-2-3-31(44)33(19-26)54-16-10-36(59)50-42(54)62)24-43(63)11-4-28(5-12-43)57-23-32(37(51-57)38(45)46)48-40(60)30-21-47-56-17-9-35(49-39(30)56)55-22-27-18-29(55)20-34(27)58/h2-3,9,17,19,21,23,25,27-29,38,63H,4-8,10-16,18,20,22,24H2,1H3,(H,48,60)(H,50,59,62)/t27-,28?,29-,43?/m1/s1. The lowest BCUT2D eigenvalue weighted by Crippen LogP contribution is -2.49. The number of imide groups is 1. The maximum absolute atomic E-state index is 14.3. The topological polar surface area (TPSA) is 191 Å². The Balaban J connectivity index is 0.748. The van der Waals surface area contributed by atoms with Crippen molar-refractivity contribution in [2.45, 2.75) is 88.3 Å². The van der Waals surface area contributed by atoms with Crippen LogP contribution in [0.4, 0.5) is 30.8 Å². The van der Waals surface area contributed by atoms with E-state index < -0.39 is 29.7 Å². The molecule has 2 atom stereocenters. The second kappa shape index (κ2) is 17.2. The van der Waals surface area contributed by atoms with Gasteiger partial charge in [-0.05, 0) is 95.1 Å². The van der Waals surface area contributed by atoms with Crippen LogP contribution in [0.2, 0.25) is 5.02 Å². The van der Waals surface area contributed by atoms with Crippen molar-refractivity contribution in [3.05, 3.63) is 64.7 Å². The van der Waals surface area contributed by atoms with Crippen LogP contribution in [0.25, 0.3) is 5.65 Å². The maximum Gasteiger partial charge on any atom is 0.328 e. The molecule has 5 fully saturated rings. The molecule has 17 nitrogen and oxygen atoms in total. The number of hydrogen-bond acceptors (Lipinski definition) is 11. The summed E-state index contributed by atoms with van der Waals surface area (Å²) in [4.78, 5) is 75.2. The predicted molar refractivity (Wildman–Crippen MR) is 227 cm³/mol.